The first kappa shape index (κ1) is 21.0. The first-order valence-corrected chi connectivity index (χ1v) is 11.1. The summed E-state index contributed by atoms with van der Waals surface area (Å²) in [6.07, 6.45) is 2.64. The van der Waals surface area contributed by atoms with E-state index in [9.17, 15) is 4.79 Å². The lowest BCUT2D eigenvalue weighted by atomic mass is 10.00. The molecule has 1 atom stereocenters. The van der Waals surface area contributed by atoms with Gasteiger partial charge in [-0.1, -0.05) is 6.07 Å². The molecule has 170 valence electrons. The van der Waals surface area contributed by atoms with Gasteiger partial charge in [-0.05, 0) is 29.8 Å². The Labute approximate surface area is 187 Å². The summed E-state index contributed by atoms with van der Waals surface area (Å²) in [5, 5.41) is 9.67. The zero-order valence-electron chi connectivity index (χ0n) is 18.3. The van der Waals surface area contributed by atoms with E-state index in [1.54, 1.807) is 5.01 Å². The minimum Gasteiger partial charge on any atom is -0.454 e. The average molecular weight is 440 g/mol. The van der Waals surface area contributed by atoms with E-state index in [-0.39, 0.29) is 25.3 Å². The van der Waals surface area contributed by atoms with Crippen LogP contribution in [0, 0.1) is 0 Å². The zero-order valence-corrected chi connectivity index (χ0v) is 18.3. The van der Waals surface area contributed by atoms with Crippen LogP contribution in [0.2, 0.25) is 0 Å². The molecule has 1 aromatic carbocycles. The van der Waals surface area contributed by atoms with Gasteiger partial charge in [0.2, 0.25) is 6.79 Å². The van der Waals surface area contributed by atoms with Crippen molar-refractivity contribution in [3.8, 4) is 11.5 Å². The summed E-state index contributed by atoms with van der Waals surface area (Å²) in [5.74, 6) is 1.41. The molecule has 1 fully saturated rings. The second-order valence-corrected chi connectivity index (χ2v) is 8.25. The van der Waals surface area contributed by atoms with Crippen LogP contribution in [0.5, 0.6) is 11.5 Å². The number of aromatic nitrogens is 1. The van der Waals surface area contributed by atoms with Crippen molar-refractivity contribution in [3.63, 3.8) is 0 Å². The molecule has 32 heavy (non-hydrogen) atoms. The van der Waals surface area contributed by atoms with Crippen molar-refractivity contribution < 1.29 is 19.0 Å². The number of nitrogens with one attached hydrogen (secondary N) is 1. The Kier molecular flexibility index (Phi) is 6.11. The first-order valence-electron chi connectivity index (χ1n) is 11.1. The predicted molar refractivity (Wildman–Crippen MR) is 119 cm³/mol. The summed E-state index contributed by atoms with van der Waals surface area (Å²) in [4.78, 5) is 15.5. The van der Waals surface area contributed by atoms with Gasteiger partial charge in [0.25, 0.3) is 5.91 Å². The molecule has 1 saturated heterocycles. The monoisotopic (exact) mass is 439 g/mol. The topological polar surface area (TPSA) is 80.6 Å². The van der Waals surface area contributed by atoms with E-state index < -0.39 is 0 Å². The standard InChI is InChI=1S/C23H29N5O4/c1-26-7-2-3-19(26)18-14-20(17-4-5-21-22(13-17)32-16-31-21)28(25-18)23(29)15-24-6-8-27-9-11-30-12-10-27/h2-5,7,13,20,24H,6,8-12,14-16H2,1H3. The predicted octanol–water partition coefficient (Wildman–Crippen LogP) is 1.35. The van der Waals surface area contributed by atoms with E-state index >= 15 is 0 Å². The van der Waals surface area contributed by atoms with Crippen LogP contribution < -0.4 is 14.8 Å². The summed E-state index contributed by atoms with van der Waals surface area (Å²) in [6.45, 7) is 5.57. The fourth-order valence-corrected chi connectivity index (χ4v) is 4.37. The van der Waals surface area contributed by atoms with Crippen LogP contribution in [0.4, 0.5) is 0 Å². The Morgan fingerprint density at radius 3 is 2.84 bits per heavy atom. The lowest BCUT2D eigenvalue weighted by molar-refractivity contribution is -0.132. The van der Waals surface area contributed by atoms with E-state index in [2.05, 4.69) is 10.2 Å². The number of carbonyl (C=O) groups is 1. The number of carbonyl (C=O) groups excluding carboxylic acids is 1. The second-order valence-electron chi connectivity index (χ2n) is 8.25. The Balaban J connectivity index is 1.28. The molecule has 3 aliphatic heterocycles. The molecule has 0 bridgehead atoms. The molecule has 1 aromatic heterocycles. The van der Waals surface area contributed by atoms with Crippen LogP contribution in [-0.2, 0) is 16.6 Å². The van der Waals surface area contributed by atoms with Gasteiger partial charge in [0.1, 0.15) is 0 Å². The third-order valence-electron chi connectivity index (χ3n) is 6.17. The van der Waals surface area contributed by atoms with Gasteiger partial charge in [0, 0.05) is 45.8 Å². The lowest BCUT2D eigenvalue weighted by Gasteiger charge is -2.27. The minimum absolute atomic E-state index is 0.0427. The van der Waals surface area contributed by atoms with Crippen LogP contribution >= 0.6 is 0 Å². The quantitative estimate of drug-likeness (QED) is 0.656. The molecular weight excluding hydrogens is 410 g/mol. The van der Waals surface area contributed by atoms with Gasteiger partial charge in [0.15, 0.2) is 11.5 Å². The average Bonchev–Trinajstić information content (AvgIpc) is 3.55. The fourth-order valence-electron chi connectivity index (χ4n) is 4.37. The Morgan fingerprint density at radius 1 is 1.19 bits per heavy atom. The molecule has 4 heterocycles. The number of rotatable bonds is 7. The maximum atomic E-state index is 13.2. The van der Waals surface area contributed by atoms with E-state index in [1.807, 2.05) is 48.1 Å². The maximum absolute atomic E-state index is 13.2. The third-order valence-corrected chi connectivity index (χ3v) is 6.17. The summed E-state index contributed by atoms with van der Waals surface area (Å²) in [7, 11) is 1.99. The van der Waals surface area contributed by atoms with Crippen LogP contribution in [0.25, 0.3) is 0 Å². The number of hydrogen-bond acceptors (Lipinski definition) is 7. The molecule has 1 unspecified atom stereocenters. The molecule has 0 saturated carbocycles. The molecule has 1 amide bonds. The fraction of sp³-hybridized carbons (Fsp3) is 0.478. The number of benzene rings is 1. The van der Waals surface area contributed by atoms with E-state index in [1.165, 1.54) is 0 Å². The summed E-state index contributed by atoms with van der Waals surface area (Å²) in [5.41, 5.74) is 2.91. The van der Waals surface area contributed by atoms with Crippen molar-refractivity contribution in [2.24, 2.45) is 12.1 Å². The molecule has 0 aliphatic carbocycles. The van der Waals surface area contributed by atoms with Crippen LogP contribution in [0.15, 0.2) is 41.6 Å². The molecule has 1 N–H and O–H groups in total. The molecule has 2 aromatic rings. The molecule has 0 radical (unpaired) electrons. The van der Waals surface area contributed by atoms with Crippen molar-refractivity contribution in [2.45, 2.75) is 12.5 Å². The van der Waals surface area contributed by atoms with Gasteiger partial charge >= 0.3 is 0 Å². The Morgan fingerprint density at radius 2 is 2.03 bits per heavy atom. The normalized spacial score (nSPS) is 20.6. The summed E-state index contributed by atoms with van der Waals surface area (Å²) >= 11 is 0. The third kappa shape index (κ3) is 4.36. The maximum Gasteiger partial charge on any atom is 0.257 e. The smallest absolute Gasteiger partial charge is 0.257 e. The summed E-state index contributed by atoms with van der Waals surface area (Å²) < 4.78 is 18.4. The van der Waals surface area contributed by atoms with Gasteiger partial charge in [-0.3, -0.25) is 9.69 Å². The molecule has 5 rings (SSSR count). The van der Waals surface area contributed by atoms with Gasteiger partial charge in [-0.2, -0.15) is 5.10 Å². The number of amides is 1. The number of fused-ring (bicyclic) bond motifs is 1. The number of hydrazone groups is 1. The molecule has 0 spiro atoms. The Hall–Kier alpha value is -2.88. The van der Waals surface area contributed by atoms with Gasteiger partial charge in [-0.25, -0.2) is 5.01 Å². The molecule has 9 nitrogen and oxygen atoms in total. The highest BCUT2D eigenvalue weighted by Gasteiger charge is 2.34. The van der Waals surface area contributed by atoms with E-state index in [0.717, 1.165) is 62.1 Å². The van der Waals surface area contributed by atoms with Crippen LogP contribution in [0.1, 0.15) is 23.7 Å². The number of nitrogens with zero attached hydrogens (tertiary/aromatic N) is 4. The second kappa shape index (κ2) is 9.32. The molecule has 3 aliphatic rings. The first-order chi connectivity index (χ1) is 15.7. The van der Waals surface area contributed by atoms with E-state index in [4.69, 9.17) is 19.3 Å². The lowest BCUT2D eigenvalue weighted by Crippen LogP contribution is -2.42. The number of morpholine rings is 1. The molecule has 9 heteroatoms. The minimum atomic E-state index is -0.178. The SMILES string of the molecule is Cn1cccc1C1=NN(C(=O)CNCCN2CCOCC2)C(c2ccc3c(c2)OCO3)C1. The number of hydrogen-bond donors (Lipinski definition) is 1. The van der Waals surface area contributed by atoms with Gasteiger partial charge in [0.05, 0.1) is 37.2 Å². The van der Waals surface area contributed by atoms with Crippen molar-refractivity contribution >= 4 is 11.6 Å². The summed E-state index contributed by atoms with van der Waals surface area (Å²) in [6, 6.07) is 9.70. The highest BCUT2D eigenvalue weighted by atomic mass is 16.7. The van der Waals surface area contributed by atoms with Gasteiger partial charge in [-0.15, -0.1) is 0 Å². The van der Waals surface area contributed by atoms with Crippen molar-refractivity contribution in [1.29, 1.82) is 0 Å². The van der Waals surface area contributed by atoms with Crippen LogP contribution in [-0.4, -0.2) is 78.8 Å². The van der Waals surface area contributed by atoms with Gasteiger partial charge < -0.3 is 24.1 Å². The number of ether oxygens (including phenoxy) is 3. The van der Waals surface area contributed by atoms with Crippen molar-refractivity contribution in [2.75, 3.05) is 52.7 Å². The molecular formula is C23H29N5O4. The Bertz CT molecular complexity index is 998. The van der Waals surface area contributed by atoms with E-state index in [0.29, 0.717) is 12.2 Å². The van der Waals surface area contributed by atoms with Crippen molar-refractivity contribution in [1.82, 2.24) is 19.8 Å². The highest BCUT2D eigenvalue weighted by molar-refractivity contribution is 6.02. The zero-order chi connectivity index (χ0) is 21.9. The van der Waals surface area contributed by atoms with Crippen molar-refractivity contribution in [3.05, 3.63) is 47.8 Å². The van der Waals surface area contributed by atoms with Crippen LogP contribution in [0.3, 0.4) is 0 Å². The number of aryl methyl sites for hydroxylation is 1. The highest BCUT2D eigenvalue weighted by Crippen LogP contribution is 2.39. The largest absolute Gasteiger partial charge is 0.454 e.